The van der Waals surface area contributed by atoms with Crippen LogP contribution in [-0.4, -0.2) is 17.1 Å². The molecule has 1 aromatic heterocycles. The normalized spacial score (nSPS) is 12.1. The van der Waals surface area contributed by atoms with Crippen molar-refractivity contribution in [2.24, 2.45) is 0 Å². The highest BCUT2D eigenvalue weighted by Crippen LogP contribution is 2.22. The molecular weight excluding hydrogens is 310 g/mol. The van der Waals surface area contributed by atoms with Gasteiger partial charge in [-0.25, -0.2) is 4.79 Å². The van der Waals surface area contributed by atoms with E-state index in [1.54, 1.807) is 18.4 Å². The second-order valence-electron chi connectivity index (χ2n) is 4.32. The molecule has 0 fully saturated rings. The lowest BCUT2D eigenvalue weighted by atomic mass is 10.1. The lowest BCUT2D eigenvalue weighted by Gasteiger charge is -2.16. The van der Waals surface area contributed by atoms with Gasteiger partial charge >= 0.3 is 5.97 Å². The Morgan fingerprint density at radius 2 is 2.26 bits per heavy atom. The maximum atomic E-state index is 11.2. The quantitative estimate of drug-likeness (QED) is 0.878. The molecule has 100 valence electrons. The van der Waals surface area contributed by atoms with Gasteiger partial charge in [0, 0.05) is 22.6 Å². The van der Waals surface area contributed by atoms with E-state index in [0.717, 1.165) is 10.2 Å². The van der Waals surface area contributed by atoms with Gasteiger partial charge in [0.05, 0.1) is 11.8 Å². The third-order valence-electron chi connectivity index (χ3n) is 2.70. The van der Waals surface area contributed by atoms with Gasteiger partial charge in [-0.1, -0.05) is 15.9 Å². The van der Waals surface area contributed by atoms with E-state index in [4.69, 9.17) is 4.42 Å². The fraction of sp³-hybridized carbons (Fsp3) is 0.214. The van der Waals surface area contributed by atoms with Crippen LogP contribution < -0.4 is 5.32 Å². The Kier molecular flexibility index (Phi) is 4.27. The van der Waals surface area contributed by atoms with Crippen molar-refractivity contribution in [3.05, 3.63) is 52.4 Å². The van der Waals surface area contributed by atoms with Crippen molar-refractivity contribution < 1.29 is 14.3 Å². The van der Waals surface area contributed by atoms with E-state index in [2.05, 4.69) is 21.2 Å². The van der Waals surface area contributed by atoms with Gasteiger partial charge < -0.3 is 14.8 Å². The molecule has 1 unspecified atom stereocenters. The zero-order chi connectivity index (χ0) is 13.8. The molecule has 0 spiro atoms. The minimum Gasteiger partial charge on any atom is -0.478 e. The zero-order valence-electron chi connectivity index (χ0n) is 10.4. The summed E-state index contributed by atoms with van der Waals surface area (Å²) in [6.45, 7) is 1.98. The zero-order valence-corrected chi connectivity index (χ0v) is 12.0. The minimum atomic E-state index is -0.950. The summed E-state index contributed by atoms with van der Waals surface area (Å²) >= 11 is 3.27. The fourth-order valence-corrected chi connectivity index (χ4v) is 2.23. The van der Waals surface area contributed by atoms with Gasteiger partial charge in [0.2, 0.25) is 0 Å². The first-order chi connectivity index (χ1) is 9.06. The van der Waals surface area contributed by atoms with Crippen molar-refractivity contribution in [3.8, 4) is 0 Å². The predicted octanol–water partition coefficient (Wildman–Crippen LogP) is 3.78. The topological polar surface area (TPSA) is 62.5 Å². The monoisotopic (exact) mass is 323 g/mol. The summed E-state index contributed by atoms with van der Waals surface area (Å²) in [5.41, 5.74) is 0.857. The van der Waals surface area contributed by atoms with Crippen molar-refractivity contribution in [3.63, 3.8) is 0 Å². The molecule has 5 heteroatoms. The number of rotatable bonds is 5. The summed E-state index contributed by atoms with van der Waals surface area (Å²) in [5, 5.41) is 12.4. The maximum absolute atomic E-state index is 11.2. The van der Waals surface area contributed by atoms with E-state index in [1.807, 2.05) is 25.1 Å². The van der Waals surface area contributed by atoms with Crippen molar-refractivity contribution in [2.45, 2.75) is 19.4 Å². The molecule has 1 atom stereocenters. The van der Waals surface area contributed by atoms with Crippen LogP contribution in [0.4, 0.5) is 5.69 Å². The molecular formula is C14H14BrNO3. The van der Waals surface area contributed by atoms with Crippen LogP contribution in [0.2, 0.25) is 0 Å². The summed E-state index contributed by atoms with van der Waals surface area (Å²) in [6, 6.07) is 8.97. The smallest absolute Gasteiger partial charge is 0.337 e. The Morgan fingerprint density at radius 3 is 2.89 bits per heavy atom. The van der Waals surface area contributed by atoms with Crippen molar-refractivity contribution >= 4 is 27.6 Å². The number of hydrogen-bond acceptors (Lipinski definition) is 3. The predicted molar refractivity (Wildman–Crippen MR) is 76.6 cm³/mol. The number of anilines is 1. The molecule has 2 aromatic rings. The molecule has 0 aliphatic carbocycles. The summed E-state index contributed by atoms with van der Waals surface area (Å²) in [6.07, 6.45) is 2.33. The first-order valence-electron chi connectivity index (χ1n) is 5.88. The molecule has 1 aromatic carbocycles. The first-order valence-corrected chi connectivity index (χ1v) is 6.67. The molecule has 2 rings (SSSR count). The Labute approximate surface area is 119 Å². The van der Waals surface area contributed by atoms with Crippen LogP contribution in [0.3, 0.4) is 0 Å². The summed E-state index contributed by atoms with van der Waals surface area (Å²) < 4.78 is 6.02. The Hall–Kier alpha value is -1.75. The number of carbonyl (C=O) groups is 1. The molecule has 4 nitrogen and oxygen atoms in total. The summed E-state index contributed by atoms with van der Waals surface area (Å²) in [4.78, 5) is 11.2. The molecule has 0 saturated carbocycles. The summed E-state index contributed by atoms with van der Waals surface area (Å²) in [7, 11) is 0. The van der Waals surface area contributed by atoms with E-state index in [9.17, 15) is 9.90 Å². The van der Waals surface area contributed by atoms with Gasteiger partial charge in [0.15, 0.2) is 0 Å². The van der Waals surface area contributed by atoms with Crippen LogP contribution in [-0.2, 0) is 6.42 Å². The Bertz CT molecular complexity index is 566. The molecule has 0 amide bonds. The van der Waals surface area contributed by atoms with E-state index in [0.29, 0.717) is 12.1 Å². The number of carboxylic acids is 1. The highest BCUT2D eigenvalue weighted by molar-refractivity contribution is 9.10. The number of nitrogens with one attached hydrogen (secondary N) is 1. The molecule has 19 heavy (non-hydrogen) atoms. The highest BCUT2D eigenvalue weighted by atomic mass is 79.9. The average Bonchev–Trinajstić information content (AvgIpc) is 2.83. The van der Waals surface area contributed by atoms with Crippen LogP contribution >= 0.6 is 15.9 Å². The van der Waals surface area contributed by atoms with Gasteiger partial charge in [-0.05, 0) is 37.3 Å². The van der Waals surface area contributed by atoms with Crippen LogP contribution in [0.15, 0.2) is 45.5 Å². The van der Waals surface area contributed by atoms with Crippen molar-refractivity contribution in [1.29, 1.82) is 0 Å². The van der Waals surface area contributed by atoms with Gasteiger partial charge in [0.25, 0.3) is 0 Å². The summed E-state index contributed by atoms with van der Waals surface area (Å²) in [5.74, 6) is -0.0806. The lowest BCUT2D eigenvalue weighted by molar-refractivity contribution is 0.0698. The molecule has 0 saturated heterocycles. The fourth-order valence-electron chi connectivity index (χ4n) is 1.87. The molecule has 2 N–H and O–H groups in total. The second kappa shape index (κ2) is 5.93. The number of aromatic carboxylic acids is 1. The second-order valence-corrected chi connectivity index (χ2v) is 5.24. The third kappa shape index (κ3) is 3.61. The number of carboxylic acid groups (broad SMARTS) is 1. The van der Waals surface area contributed by atoms with Gasteiger partial charge in [-0.15, -0.1) is 0 Å². The molecule has 0 radical (unpaired) electrons. The van der Waals surface area contributed by atoms with Crippen LogP contribution in [0.5, 0.6) is 0 Å². The number of hydrogen-bond donors (Lipinski definition) is 2. The van der Waals surface area contributed by atoms with Crippen LogP contribution in [0, 0.1) is 0 Å². The lowest BCUT2D eigenvalue weighted by Crippen LogP contribution is -2.19. The number of benzene rings is 1. The van der Waals surface area contributed by atoms with E-state index < -0.39 is 5.97 Å². The molecule has 0 bridgehead atoms. The first kappa shape index (κ1) is 13.7. The SMILES string of the molecule is CC(Cc1ccco1)Nc1ccc(Br)cc1C(=O)O. The molecule has 0 aliphatic rings. The van der Waals surface area contributed by atoms with E-state index in [-0.39, 0.29) is 11.6 Å². The van der Waals surface area contributed by atoms with Gasteiger partial charge in [-0.3, -0.25) is 0 Å². The number of furan rings is 1. The standard InChI is InChI=1S/C14H14BrNO3/c1-9(7-11-3-2-6-19-11)16-13-5-4-10(15)8-12(13)14(17)18/h2-6,8-9,16H,7H2,1H3,(H,17,18). The number of halogens is 1. The molecule has 1 heterocycles. The van der Waals surface area contributed by atoms with Crippen molar-refractivity contribution in [1.82, 2.24) is 0 Å². The van der Waals surface area contributed by atoms with Gasteiger partial charge in [-0.2, -0.15) is 0 Å². The Morgan fingerprint density at radius 1 is 1.47 bits per heavy atom. The van der Waals surface area contributed by atoms with Crippen LogP contribution in [0.25, 0.3) is 0 Å². The van der Waals surface area contributed by atoms with Crippen LogP contribution in [0.1, 0.15) is 23.0 Å². The van der Waals surface area contributed by atoms with E-state index in [1.165, 1.54) is 0 Å². The maximum Gasteiger partial charge on any atom is 0.337 e. The Balaban J connectivity index is 2.12. The largest absolute Gasteiger partial charge is 0.478 e. The van der Waals surface area contributed by atoms with E-state index >= 15 is 0 Å². The van der Waals surface area contributed by atoms with Gasteiger partial charge in [0.1, 0.15) is 5.76 Å². The highest BCUT2D eigenvalue weighted by Gasteiger charge is 2.13. The third-order valence-corrected chi connectivity index (χ3v) is 3.19. The minimum absolute atomic E-state index is 0.0745. The average molecular weight is 324 g/mol. The van der Waals surface area contributed by atoms with Crippen molar-refractivity contribution in [2.75, 3.05) is 5.32 Å². The molecule has 0 aliphatic heterocycles.